The van der Waals surface area contributed by atoms with Crippen LogP contribution in [0, 0.1) is 12.3 Å². The monoisotopic (exact) mass is 308 g/mol. The van der Waals surface area contributed by atoms with Crippen molar-refractivity contribution >= 4 is 0 Å². The van der Waals surface area contributed by atoms with E-state index >= 15 is 0 Å². The molecule has 0 aromatic heterocycles. The molecule has 2 nitrogen and oxygen atoms in total. The second kappa shape index (κ2) is 1290. The van der Waals surface area contributed by atoms with Crippen LogP contribution in [0.1, 0.15) is 96.9 Å². The van der Waals surface area contributed by atoms with Crippen LogP contribution in [0.25, 0.3) is 0 Å². The topological polar surface area (TPSA) is 38.0 Å². The molecule has 0 saturated carbocycles. The third kappa shape index (κ3) is 9370. The molecule has 0 fully saturated rings. The van der Waals surface area contributed by atoms with E-state index in [0.717, 1.165) is 0 Å². The van der Waals surface area contributed by atoms with Crippen molar-refractivity contribution in [3.63, 3.8) is 0 Å². The quantitative estimate of drug-likeness (QED) is 0.217. The molecule has 0 rings (SSSR count). The van der Waals surface area contributed by atoms with Crippen LogP contribution in [0.5, 0.6) is 0 Å². The first-order valence-corrected chi connectivity index (χ1v) is 8.56. The van der Waals surface area contributed by atoms with Crippen LogP contribution in [0.4, 0.5) is 0 Å². The van der Waals surface area contributed by atoms with Crippen LogP contribution in [-0.2, 0) is 0 Å². The van der Waals surface area contributed by atoms with Crippen molar-refractivity contribution in [2.45, 2.75) is 96.9 Å². The largest absolute Gasteiger partial charge is 0.272 e. The van der Waals surface area contributed by atoms with E-state index in [2.05, 4.69) is 30.2 Å². The lowest BCUT2D eigenvalue weighted by Crippen LogP contribution is -2.13. The molecular formula is C19H52N2. The van der Waals surface area contributed by atoms with E-state index in [4.69, 9.17) is 0 Å². The highest BCUT2D eigenvalue weighted by Gasteiger charge is 1.22. The fourth-order valence-electron chi connectivity index (χ4n) is 0. The fraction of sp³-hybridized carbons (Fsp3) is 0.789. The fourth-order valence-corrected chi connectivity index (χ4v) is 0. The first kappa shape index (κ1) is 59.3. The minimum atomic E-state index is 1.65. The molecule has 0 radical (unpaired) electrons. The molecule has 0 aliphatic heterocycles. The Hall–Kier alpha value is -0.780. The van der Waals surface area contributed by atoms with Crippen molar-refractivity contribution < 1.29 is 0 Å². The average Bonchev–Trinajstić information content (AvgIpc) is 2.60. The van der Waals surface area contributed by atoms with Crippen LogP contribution >= 0.6 is 0 Å². The van der Waals surface area contributed by atoms with Gasteiger partial charge in [-0.25, -0.2) is 0 Å². The van der Waals surface area contributed by atoms with Crippen molar-refractivity contribution in [3.05, 3.63) is 12.7 Å². The molecule has 21 heavy (non-hydrogen) atoms. The van der Waals surface area contributed by atoms with E-state index < -0.39 is 0 Å². The van der Waals surface area contributed by atoms with Gasteiger partial charge in [0.05, 0.1) is 0 Å². The Morgan fingerprint density at radius 1 is 0.810 bits per heavy atom. The number of hydrazine groups is 1. The predicted octanol–water partition coefficient (Wildman–Crippen LogP) is 7.07. The van der Waals surface area contributed by atoms with E-state index in [9.17, 15) is 0 Å². The molecule has 0 aromatic carbocycles. The molecule has 0 amide bonds. The number of rotatable bonds is 0. The minimum absolute atomic E-state index is 1.65. The highest BCUT2D eigenvalue weighted by Crippen LogP contribution is 1.38. The molecule has 0 aliphatic rings. The van der Waals surface area contributed by atoms with Crippen molar-refractivity contribution in [3.8, 4) is 12.3 Å². The van der Waals surface area contributed by atoms with Gasteiger partial charge in [0.1, 0.15) is 0 Å². The molecule has 0 saturated heterocycles. The Bertz CT molecular complexity index is 64.5. The smallest absolute Gasteiger partial charge is 0.00172 e. The van der Waals surface area contributed by atoms with Gasteiger partial charge in [0.15, 0.2) is 0 Å². The van der Waals surface area contributed by atoms with Crippen LogP contribution in [-0.4, -0.2) is 7.05 Å². The Kier molecular flexibility index (Phi) is 3660. The highest BCUT2D eigenvalue weighted by atomic mass is 15.2. The number of hydrogen-bond acceptors (Lipinski definition) is 2. The summed E-state index contributed by atoms with van der Waals surface area (Å²) in [6.45, 7) is 30.9. The number of allylic oxidation sites excluding steroid dienone is 1. The first-order valence-electron chi connectivity index (χ1n) is 8.56. The molecule has 0 aromatic rings. The Labute approximate surface area is 141 Å². The molecule has 0 heterocycles. The molecule has 0 unspecified atom stereocenters. The van der Waals surface area contributed by atoms with Gasteiger partial charge in [-0.3, -0.25) is 11.3 Å². The molecular weight excluding hydrogens is 256 g/mol. The average molecular weight is 309 g/mol. The van der Waals surface area contributed by atoms with Crippen LogP contribution in [0.3, 0.4) is 0 Å². The lowest BCUT2D eigenvalue weighted by molar-refractivity contribution is 0.900. The summed E-state index contributed by atoms with van der Waals surface area (Å²) in [6.07, 6.45) is 6.35. The molecule has 0 bridgehead atoms. The summed E-state index contributed by atoms with van der Waals surface area (Å²) in [5.74, 6) is 6.85. The number of hydrogen-bond donors (Lipinski definition) is 2. The standard InChI is InChI=1S/C3H6.C3H4.6C2H6.CH6N2/c2*1-3-2;6*1-2;1-3-2/h3H,1H2,2H3;1H,2H3;6*1-2H3;3H,2H2,1H3. The third-order valence-electron chi connectivity index (χ3n) is 0. The minimum Gasteiger partial charge on any atom is -0.272 e. The maximum atomic E-state index is 4.60. The van der Waals surface area contributed by atoms with Gasteiger partial charge in [0.25, 0.3) is 0 Å². The summed E-state index contributed by atoms with van der Waals surface area (Å²) in [5.41, 5.74) is 2.25. The van der Waals surface area contributed by atoms with Gasteiger partial charge in [-0.1, -0.05) is 89.2 Å². The molecule has 138 valence electrons. The van der Waals surface area contributed by atoms with Gasteiger partial charge in [-0.15, -0.1) is 18.9 Å². The Morgan fingerprint density at radius 3 is 0.810 bits per heavy atom. The van der Waals surface area contributed by atoms with Crippen LogP contribution in [0.2, 0.25) is 0 Å². The van der Waals surface area contributed by atoms with Gasteiger partial charge < -0.3 is 0 Å². The van der Waals surface area contributed by atoms with Gasteiger partial charge in [0.2, 0.25) is 0 Å². The van der Waals surface area contributed by atoms with E-state index in [1.165, 1.54) is 0 Å². The zero-order chi connectivity index (χ0) is 20.1. The van der Waals surface area contributed by atoms with Gasteiger partial charge in [0, 0.05) is 0 Å². The van der Waals surface area contributed by atoms with Gasteiger partial charge >= 0.3 is 0 Å². The highest BCUT2D eigenvalue weighted by molar-refractivity contribution is 4.73. The van der Waals surface area contributed by atoms with Crippen LogP contribution in [0.15, 0.2) is 12.7 Å². The lowest BCUT2D eigenvalue weighted by atomic mass is 10.8. The second-order valence-corrected chi connectivity index (χ2v) is 0.986. The van der Waals surface area contributed by atoms with Gasteiger partial charge in [-0.2, -0.15) is 0 Å². The SMILES string of the molecule is C#CC.C=CC.CC.CC.CC.CC.CC.CC.CNN. The second-order valence-electron chi connectivity index (χ2n) is 0.986. The van der Waals surface area contributed by atoms with Crippen molar-refractivity contribution in [2.24, 2.45) is 5.84 Å². The zero-order valence-corrected chi connectivity index (χ0v) is 18.4. The molecule has 0 atom stereocenters. The van der Waals surface area contributed by atoms with E-state index in [0.29, 0.717) is 0 Å². The third-order valence-corrected chi connectivity index (χ3v) is 0. The van der Waals surface area contributed by atoms with Crippen LogP contribution < -0.4 is 11.3 Å². The van der Waals surface area contributed by atoms with E-state index in [1.54, 1.807) is 20.0 Å². The molecule has 0 spiro atoms. The maximum Gasteiger partial charge on any atom is -0.00172 e. The van der Waals surface area contributed by atoms with Crippen molar-refractivity contribution in [1.82, 2.24) is 5.43 Å². The summed E-state index contributed by atoms with van der Waals surface area (Å²) in [5, 5.41) is 0. The summed E-state index contributed by atoms with van der Waals surface area (Å²) in [6, 6.07) is 0. The zero-order valence-electron chi connectivity index (χ0n) is 18.4. The molecule has 0 aliphatic carbocycles. The number of nitrogens with one attached hydrogen (secondary N) is 1. The first-order chi connectivity index (χ1) is 10.2. The summed E-state index contributed by atoms with van der Waals surface area (Å²) >= 11 is 0. The predicted molar refractivity (Wildman–Crippen MR) is 112 cm³/mol. The number of nitrogens with two attached hydrogens (primary N) is 1. The van der Waals surface area contributed by atoms with E-state index in [1.807, 2.05) is 90.0 Å². The van der Waals surface area contributed by atoms with Crippen molar-refractivity contribution in [2.75, 3.05) is 7.05 Å². The lowest BCUT2D eigenvalue weighted by Gasteiger charge is -1.62. The summed E-state index contributed by atoms with van der Waals surface area (Å²) in [7, 11) is 1.65. The summed E-state index contributed by atoms with van der Waals surface area (Å²) in [4.78, 5) is 0. The maximum absolute atomic E-state index is 4.60. The van der Waals surface area contributed by atoms with Crippen molar-refractivity contribution in [1.29, 1.82) is 0 Å². The Morgan fingerprint density at radius 2 is 0.810 bits per heavy atom. The number of terminal acetylenes is 1. The van der Waals surface area contributed by atoms with E-state index in [-0.39, 0.29) is 0 Å². The normalized spacial score (nSPS) is 3.57. The van der Waals surface area contributed by atoms with Gasteiger partial charge in [-0.05, 0) is 20.9 Å². The molecule has 3 N–H and O–H groups in total. The Balaban J connectivity index is -0.0000000111. The molecule has 2 heteroatoms. The summed E-state index contributed by atoms with van der Waals surface area (Å²) < 4.78 is 0.